The lowest BCUT2D eigenvalue weighted by Gasteiger charge is -2.37. The van der Waals surface area contributed by atoms with E-state index in [1.165, 1.54) is 16.8 Å². The van der Waals surface area contributed by atoms with Crippen LogP contribution in [0.3, 0.4) is 0 Å². The summed E-state index contributed by atoms with van der Waals surface area (Å²) in [7, 11) is 0. The van der Waals surface area contributed by atoms with Gasteiger partial charge in [-0.3, -0.25) is 0 Å². The highest BCUT2D eigenvalue weighted by Gasteiger charge is 2.49. The lowest BCUT2D eigenvalue weighted by atomic mass is 9.76. The fourth-order valence-corrected chi connectivity index (χ4v) is 2.56. The molecule has 0 saturated heterocycles. The molecule has 1 saturated carbocycles. The molecule has 0 radical (unpaired) electrons. The largest absolute Gasteiger partial charge is 0.479 e. The zero-order valence-corrected chi connectivity index (χ0v) is 11.0. The maximum absolute atomic E-state index is 13.5. The highest BCUT2D eigenvalue weighted by molar-refractivity contribution is 6.33. The first-order chi connectivity index (χ1) is 9.56. The number of carbonyl (C=O) groups is 1. The molecule has 1 aromatic heterocycles. The normalized spacial score (nSPS) is 16.7. The highest BCUT2D eigenvalue weighted by Crippen LogP contribution is 2.41. The lowest BCUT2D eigenvalue weighted by molar-refractivity contribution is -0.153. The van der Waals surface area contributed by atoms with Crippen molar-refractivity contribution in [1.82, 2.24) is 20.2 Å². The number of tetrazole rings is 1. The van der Waals surface area contributed by atoms with Crippen LogP contribution in [0.25, 0.3) is 11.4 Å². The van der Waals surface area contributed by atoms with Crippen LogP contribution in [0.1, 0.15) is 19.3 Å². The Labute approximate surface area is 118 Å². The summed E-state index contributed by atoms with van der Waals surface area (Å²) in [6.07, 6.45) is 1.66. The molecule has 3 rings (SSSR count). The van der Waals surface area contributed by atoms with Crippen LogP contribution in [0.4, 0.5) is 4.39 Å². The molecule has 1 fully saturated rings. The highest BCUT2D eigenvalue weighted by atomic mass is 35.5. The summed E-state index contributed by atoms with van der Waals surface area (Å²) >= 11 is 5.92. The van der Waals surface area contributed by atoms with Gasteiger partial charge in [0.15, 0.2) is 11.4 Å². The zero-order valence-electron chi connectivity index (χ0n) is 10.3. The third kappa shape index (κ3) is 1.70. The summed E-state index contributed by atoms with van der Waals surface area (Å²) in [5.41, 5.74) is -0.877. The molecule has 1 aromatic carbocycles. The first-order valence-corrected chi connectivity index (χ1v) is 6.41. The van der Waals surface area contributed by atoms with E-state index in [2.05, 4.69) is 15.5 Å². The van der Waals surface area contributed by atoms with Crippen molar-refractivity contribution in [3.8, 4) is 11.4 Å². The number of hydrogen-bond acceptors (Lipinski definition) is 4. The molecule has 0 spiro atoms. The summed E-state index contributed by atoms with van der Waals surface area (Å²) in [5.74, 6) is -1.43. The Morgan fingerprint density at radius 1 is 1.45 bits per heavy atom. The number of carboxylic acid groups (broad SMARTS) is 1. The van der Waals surface area contributed by atoms with Crippen molar-refractivity contribution in [3.63, 3.8) is 0 Å². The van der Waals surface area contributed by atoms with Gasteiger partial charge in [0.25, 0.3) is 0 Å². The fourth-order valence-electron chi connectivity index (χ4n) is 2.35. The van der Waals surface area contributed by atoms with Gasteiger partial charge in [0.1, 0.15) is 5.82 Å². The van der Waals surface area contributed by atoms with Crippen molar-refractivity contribution in [3.05, 3.63) is 29.0 Å². The molecule has 1 heterocycles. The van der Waals surface area contributed by atoms with Gasteiger partial charge in [-0.1, -0.05) is 17.7 Å². The van der Waals surface area contributed by atoms with Crippen LogP contribution >= 0.6 is 11.6 Å². The maximum atomic E-state index is 13.5. The number of carboxylic acids is 1. The quantitative estimate of drug-likeness (QED) is 0.938. The number of hydrogen-bond donors (Lipinski definition) is 1. The minimum Gasteiger partial charge on any atom is -0.479 e. The molecule has 1 aliphatic rings. The van der Waals surface area contributed by atoms with Gasteiger partial charge in [0.2, 0.25) is 0 Å². The van der Waals surface area contributed by atoms with E-state index in [0.29, 0.717) is 12.8 Å². The van der Waals surface area contributed by atoms with Gasteiger partial charge in [0.05, 0.1) is 5.02 Å². The van der Waals surface area contributed by atoms with E-state index in [4.69, 9.17) is 11.6 Å². The van der Waals surface area contributed by atoms with Crippen LogP contribution < -0.4 is 0 Å². The summed E-state index contributed by atoms with van der Waals surface area (Å²) in [5, 5.41) is 20.4. The topological polar surface area (TPSA) is 80.9 Å². The van der Waals surface area contributed by atoms with E-state index in [-0.39, 0.29) is 16.4 Å². The van der Waals surface area contributed by atoms with Crippen LogP contribution in [0.15, 0.2) is 18.2 Å². The maximum Gasteiger partial charge on any atom is 0.331 e. The molecular formula is C12H10ClFN4O2. The van der Waals surface area contributed by atoms with E-state index in [1.807, 2.05) is 0 Å². The SMILES string of the molecule is O=C(O)C1(n2nnnc2-c2cccc(F)c2Cl)CCC1. The van der Waals surface area contributed by atoms with E-state index >= 15 is 0 Å². The van der Waals surface area contributed by atoms with Gasteiger partial charge in [-0.05, 0) is 41.8 Å². The number of aromatic nitrogens is 4. The third-order valence-electron chi connectivity index (χ3n) is 3.65. The first-order valence-electron chi connectivity index (χ1n) is 6.03. The molecule has 104 valence electrons. The molecule has 0 unspecified atom stereocenters. The molecule has 0 amide bonds. The minimum absolute atomic E-state index is 0.122. The Morgan fingerprint density at radius 3 is 2.80 bits per heavy atom. The monoisotopic (exact) mass is 296 g/mol. The second kappa shape index (κ2) is 4.52. The molecule has 1 aliphatic carbocycles. The van der Waals surface area contributed by atoms with Crippen molar-refractivity contribution < 1.29 is 14.3 Å². The molecule has 8 heteroatoms. The summed E-state index contributed by atoms with van der Waals surface area (Å²) in [6, 6.07) is 4.25. The summed E-state index contributed by atoms with van der Waals surface area (Å²) in [6.45, 7) is 0. The Morgan fingerprint density at radius 2 is 2.20 bits per heavy atom. The van der Waals surface area contributed by atoms with Gasteiger partial charge in [-0.15, -0.1) is 5.10 Å². The van der Waals surface area contributed by atoms with Crippen molar-refractivity contribution >= 4 is 17.6 Å². The molecule has 1 N–H and O–H groups in total. The smallest absolute Gasteiger partial charge is 0.331 e. The number of nitrogens with zero attached hydrogens (tertiary/aromatic N) is 4. The standard InChI is InChI=1S/C12H10ClFN4O2/c13-9-7(3-1-4-8(9)14)10-15-16-17-18(10)12(11(19)20)5-2-6-12/h1,3-4H,2,5-6H2,(H,19,20). The van der Waals surface area contributed by atoms with Crippen molar-refractivity contribution in [2.24, 2.45) is 0 Å². The predicted molar refractivity (Wildman–Crippen MR) is 67.7 cm³/mol. The van der Waals surface area contributed by atoms with Crippen LogP contribution in [0.5, 0.6) is 0 Å². The Balaban J connectivity index is 2.16. The summed E-state index contributed by atoms with van der Waals surface area (Å²) < 4.78 is 14.8. The Hall–Kier alpha value is -2.02. The van der Waals surface area contributed by atoms with Crippen molar-refractivity contribution in [2.75, 3.05) is 0 Å². The van der Waals surface area contributed by atoms with Gasteiger partial charge in [-0.2, -0.15) is 0 Å². The molecule has 2 aromatic rings. The average Bonchev–Trinajstić information content (AvgIpc) is 2.80. The Bertz CT molecular complexity index is 684. The average molecular weight is 297 g/mol. The van der Waals surface area contributed by atoms with Gasteiger partial charge >= 0.3 is 5.97 Å². The molecule has 6 nitrogen and oxygen atoms in total. The van der Waals surface area contributed by atoms with Crippen LogP contribution in [-0.2, 0) is 10.3 Å². The second-order valence-corrected chi connectivity index (χ2v) is 5.08. The zero-order chi connectivity index (χ0) is 14.3. The van der Waals surface area contributed by atoms with Crippen LogP contribution in [0, 0.1) is 5.82 Å². The predicted octanol–water partition coefficient (Wildman–Crippen LogP) is 2.10. The Kier molecular flexibility index (Phi) is 2.93. The molecule has 0 bridgehead atoms. The number of rotatable bonds is 3. The molecule has 20 heavy (non-hydrogen) atoms. The van der Waals surface area contributed by atoms with Gasteiger partial charge in [0, 0.05) is 5.56 Å². The van der Waals surface area contributed by atoms with Gasteiger partial charge < -0.3 is 5.11 Å². The molecule has 0 aliphatic heterocycles. The van der Waals surface area contributed by atoms with E-state index in [1.54, 1.807) is 6.07 Å². The van der Waals surface area contributed by atoms with Gasteiger partial charge in [-0.25, -0.2) is 13.9 Å². The van der Waals surface area contributed by atoms with E-state index in [0.717, 1.165) is 6.42 Å². The van der Waals surface area contributed by atoms with Crippen LogP contribution in [-0.4, -0.2) is 31.3 Å². The molecule has 0 atom stereocenters. The van der Waals surface area contributed by atoms with Crippen LogP contribution in [0.2, 0.25) is 5.02 Å². The van der Waals surface area contributed by atoms with E-state index in [9.17, 15) is 14.3 Å². The fraction of sp³-hybridized carbons (Fsp3) is 0.333. The first kappa shape index (κ1) is 13.0. The second-order valence-electron chi connectivity index (χ2n) is 4.71. The number of benzene rings is 1. The van der Waals surface area contributed by atoms with Crippen molar-refractivity contribution in [2.45, 2.75) is 24.8 Å². The lowest BCUT2D eigenvalue weighted by Crippen LogP contribution is -2.48. The third-order valence-corrected chi connectivity index (χ3v) is 4.03. The number of halogens is 2. The van der Waals surface area contributed by atoms with E-state index < -0.39 is 17.3 Å². The van der Waals surface area contributed by atoms with Crippen molar-refractivity contribution in [1.29, 1.82) is 0 Å². The molecular weight excluding hydrogens is 287 g/mol. The number of aliphatic carboxylic acids is 1. The minimum atomic E-state index is -1.16. The summed E-state index contributed by atoms with van der Waals surface area (Å²) in [4.78, 5) is 11.5.